The van der Waals surface area contributed by atoms with Crippen molar-refractivity contribution >= 4 is 11.7 Å². The van der Waals surface area contributed by atoms with E-state index in [9.17, 15) is 4.79 Å². The van der Waals surface area contributed by atoms with Gasteiger partial charge in [0.05, 0.1) is 0 Å². The standard InChI is InChI=1S/C20H25N3O/c1-15-7-4-5-9-18(15)17-8-6-12-23(14-17)20(24)16-10-11-21-19(13-16)22(2)3/h4-5,7,9-11,13,17H,6,8,12,14H2,1-3H3. The fourth-order valence-corrected chi connectivity index (χ4v) is 3.44. The zero-order chi connectivity index (χ0) is 17.1. The lowest BCUT2D eigenvalue weighted by Crippen LogP contribution is -2.39. The van der Waals surface area contributed by atoms with Gasteiger partial charge in [-0.05, 0) is 43.0 Å². The first-order valence-electron chi connectivity index (χ1n) is 8.54. The van der Waals surface area contributed by atoms with Gasteiger partial charge in [0, 0.05) is 44.9 Å². The van der Waals surface area contributed by atoms with E-state index in [1.54, 1.807) is 6.20 Å². The molecule has 0 radical (unpaired) electrons. The van der Waals surface area contributed by atoms with Crippen LogP contribution in [0.2, 0.25) is 0 Å². The first kappa shape index (κ1) is 16.5. The molecule has 24 heavy (non-hydrogen) atoms. The third kappa shape index (κ3) is 3.42. The van der Waals surface area contributed by atoms with E-state index in [0.717, 1.165) is 37.3 Å². The van der Waals surface area contributed by atoms with Crippen molar-refractivity contribution in [3.8, 4) is 0 Å². The van der Waals surface area contributed by atoms with Crippen LogP contribution in [0.15, 0.2) is 42.6 Å². The molecule has 2 heterocycles. The molecule has 1 aliphatic rings. The molecule has 1 aliphatic heterocycles. The second-order valence-electron chi connectivity index (χ2n) is 6.74. The summed E-state index contributed by atoms with van der Waals surface area (Å²) in [5.74, 6) is 1.35. The van der Waals surface area contributed by atoms with Crippen LogP contribution in [-0.2, 0) is 0 Å². The van der Waals surface area contributed by atoms with E-state index in [4.69, 9.17) is 0 Å². The summed E-state index contributed by atoms with van der Waals surface area (Å²) in [5.41, 5.74) is 3.41. The van der Waals surface area contributed by atoms with Crippen LogP contribution in [0, 0.1) is 6.92 Å². The molecule has 1 unspecified atom stereocenters. The molecule has 1 atom stereocenters. The Morgan fingerprint density at radius 1 is 1.25 bits per heavy atom. The molecule has 1 saturated heterocycles. The maximum Gasteiger partial charge on any atom is 0.254 e. The zero-order valence-electron chi connectivity index (χ0n) is 14.7. The molecule has 1 amide bonds. The quantitative estimate of drug-likeness (QED) is 0.868. The summed E-state index contributed by atoms with van der Waals surface area (Å²) in [6.45, 7) is 3.78. The lowest BCUT2D eigenvalue weighted by atomic mass is 9.88. The van der Waals surface area contributed by atoms with Gasteiger partial charge >= 0.3 is 0 Å². The number of benzene rings is 1. The molecule has 0 spiro atoms. The Morgan fingerprint density at radius 2 is 2.04 bits per heavy atom. The number of anilines is 1. The Kier molecular flexibility index (Phi) is 4.84. The number of aryl methyl sites for hydroxylation is 1. The molecule has 0 saturated carbocycles. The molecule has 0 N–H and O–H groups in total. The molecule has 3 rings (SSSR count). The molecule has 1 fully saturated rings. The van der Waals surface area contributed by atoms with Gasteiger partial charge in [0.15, 0.2) is 0 Å². The number of likely N-dealkylation sites (tertiary alicyclic amines) is 1. The molecule has 1 aromatic heterocycles. The molecule has 4 heteroatoms. The van der Waals surface area contributed by atoms with Gasteiger partial charge in [0.2, 0.25) is 0 Å². The van der Waals surface area contributed by atoms with Crippen LogP contribution in [-0.4, -0.2) is 43.0 Å². The van der Waals surface area contributed by atoms with Gasteiger partial charge in [0.25, 0.3) is 5.91 Å². The van der Waals surface area contributed by atoms with Crippen LogP contribution in [0.5, 0.6) is 0 Å². The summed E-state index contributed by atoms with van der Waals surface area (Å²) in [6, 6.07) is 12.2. The highest BCUT2D eigenvalue weighted by Gasteiger charge is 2.26. The fraction of sp³-hybridized carbons (Fsp3) is 0.400. The Morgan fingerprint density at radius 3 is 2.79 bits per heavy atom. The second kappa shape index (κ2) is 7.04. The molecule has 0 aliphatic carbocycles. The number of aromatic nitrogens is 1. The van der Waals surface area contributed by atoms with Crippen molar-refractivity contribution in [2.75, 3.05) is 32.1 Å². The highest BCUT2D eigenvalue weighted by molar-refractivity contribution is 5.95. The van der Waals surface area contributed by atoms with Crippen molar-refractivity contribution in [3.63, 3.8) is 0 Å². The largest absolute Gasteiger partial charge is 0.363 e. The van der Waals surface area contributed by atoms with E-state index in [1.807, 2.05) is 36.0 Å². The maximum atomic E-state index is 12.9. The SMILES string of the molecule is Cc1ccccc1C1CCCN(C(=O)c2ccnc(N(C)C)c2)C1. The summed E-state index contributed by atoms with van der Waals surface area (Å²) >= 11 is 0. The Bertz CT molecular complexity index is 726. The Hall–Kier alpha value is -2.36. The monoisotopic (exact) mass is 323 g/mol. The summed E-state index contributed by atoms with van der Waals surface area (Å²) in [7, 11) is 3.87. The molecular formula is C20H25N3O. The van der Waals surface area contributed by atoms with Crippen molar-refractivity contribution in [1.29, 1.82) is 0 Å². The van der Waals surface area contributed by atoms with Gasteiger partial charge in [-0.1, -0.05) is 24.3 Å². The number of nitrogens with zero attached hydrogens (tertiary/aromatic N) is 3. The number of carbonyl (C=O) groups is 1. The topological polar surface area (TPSA) is 36.4 Å². The van der Waals surface area contributed by atoms with Gasteiger partial charge < -0.3 is 9.80 Å². The normalized spacial score (nSPS) is 17.6. The fourth-order valence-electron chi connectivity index (χ4n) is 3.44. The van der Waals surface area contributed by atoms with Gasteiger partial charge in [-0.25, -0.2) is 4.98 Å². The number of hydrogen-bond acceptors (Lipinski definition) is 3. The molecule has 4 nitrogen and oxygen atoms in total. The second-order valence-corrected chi connectivity index (χ2v) is 6.74. The van der Waals surface area contributed by atoms with E-state index in [2.05, 4.69) is 36.2 Å². The molecule has 1 aromatic carbocycles. The van der Waals surface area contributed by atoms with Crippen LogP contribution in [0.1, 0.15) is 40.2 Å². The van der Waals surface area contributed by atoms with Gasteiger partial charge in [-0.3, -0.25) is 4.79 Å². The average molecular weight is 323 g/mol. The number of hydrogen-bond donors (Lipinski definition) is 0. The summed E-state index contributed by atoms with van der Waals surface area (Å²) in [6.07, 6.45) is 3.91. The van der Waals surface area contributed by atoms with E-state index < -0.39 is 0 Å². The smallest absolute Gasteiger partial charge is 0.254 e. The van der Waals surface area contributed by atoms with Crippen LogP contribution >= 0.6 is 0 Å². The highest BCUT2D eigenvalue weighted by atomic mass is 16.2. The van der Waals surface area contributed by atoms with E-state index in [0.29, 0.717) is 5.92 Å². The number of carbonyl (C=O) groups excluding carboxylic acids is 1. The van der Waals surface area contributed by atoms with Crippen molar-refractivity contribution in [2.45, 2.75) is 25.7 Å². The minimum atomic E-state index is 0.110. The van der Waals surface area contributed by atoms with Gasteiger partial charge in [-0.15, -0.1) is 0 Å². The maximum absolute atomic E-state index is 12.9. The average Bonchev–Trinajstić information content (AvgIpc) is 2.61. The number of piperidine rings is 1. The van der Waals surface area contributed by atoms with E-state index in [1.165, 1.54) is 11.1 Å². The Labute approximate surface area is 144 Å². The molecule has 0 bridgehead atoms. The minimum Gasteiger partial charge on any atom is -0.363 e. The van der Waals surface area contributed by atoms with Gasteiger partial charge in [0.1, 0.15) is 5.82 Å². The van der Waals surface area contributed by atoms with Crippen LogP contribution < -0.4 is 4.90 Å². The predicted molar refractivity (Wildman–Crippen MR) is 97.6 cm³/mol. The van der Waals surface area contributed by atoms with E-state index in [-0.39, 0.29) is 5.91 Å². The van der Waals surface area contributed by atoms with Crippen molar-refractivity contribution in [2.24, 2.45) is 0 Å². The molecule has 2 aromatic rings. The van der Waals surface area contributed by atoms with Crippen molar-refractivity contribution < 1.29 is 4.79 Å². The minimum absolute atomic E-state index is 0.110. The van der Waals surface area contributed by atoms with Crippen molar-refractivity contribution in [3.05, 3.63) is 59.3 Å². The van der Waals surface area contributed by atoms with Crippen LogP contribution in [0.4, 0.5) is 5.82 Å². The highest BCUT2D eigenvalue weighted by Crippen LogP contribution is 2.29. The first-order chi connectivity index (χ1) is 11.6. The van der Waals surface area contributed by atoms with Crippen LogP contribution in [0.25, 0.3) is 0 Å². The summed E-state index contributed by atoms with van der Waals surface area (Å²) < 4.78 is 0. The number of pyridine rings is 1. The molecular weight excluding hydrogens is 298 g/mol. The van der Waals surface area contributed by atoms with E-state index >= 15 is 0 Å². The third-order valence-corrected chi connectivity index (χ3v) is 4.79. The zero-order valence-corrected chi connectivity index (χ0v) is 14.7. The lowest BCUT2D eigenvalue weighted by Gasteiger charge is -2.34. The summed E-state index contributed by atoms with van der Waals surface area (Å²) in [4.78, 5) is 21.1. The predicted octanol–water partition coefficient (Wildman–Crippen LogP) is 3.48. The number of amides is 1. The first-order valence-corrected chi connectivity index (χ1v) is 8.54. The lowest BCUT2D eigenvalue weighted by molar-refractivity contribution is 0.0707. The van der Waals surface area contributed by atoms with Crippen molar-refractivity contribution in [1.82, 2.24) is 9.88 Å². The van der Waals surface area contributed by atoms with Crippen LogP contribution in [0.3, 0.4) is 0 Å². The Balaban J connectivity index is 1.78. The molecule has 126 valence electrons. The third-order valence-electron chi connectivity index (χ3n) is 4.79. The van der Waals surface area contributed by atoms with Gasteiger partial charge in [-0.2, -0.15) is 0 Å². The number of rotatable bonds is 3. The summed E-state index contributed by atoms with van der Waals surface area (Å²) in [5, 5.41) is 0.